The van der Waals surface area contributed by atoms with Crippen LogP contribution < -0.4 is 4.90 Å². The van der Waals surface area contributed by atoms with Crippen LogP contribution in [-0.4, -0.2) is 43.9 Å². The Morgan fingerprint density at radius 2 is 1.79 bits per heavy atom. The van der Waals surface area contributed by atoms with Crippen molar-refractivity contribution in [2.75, 3.05) is 31.1 Å². The third-order valence-corrected chi connectivity index (χ3v) is 7.83. The molecule has 0 amide bonds. The minimum Gasteiger partial charge on any atom is -0.345 e. The summed E-state index contributed by atoms with van der Waals surface area (Å²) in [6.07, 6.45) is 0.789. The zero-order valence-electron chi connectivity index (χ0n) is 16.1. The molecule has 1 aliphatic heterocycles. The predicted octanol–water partition coefficient (Wildman–Crippen LogP) is 3.69. The molecule has 152 valence electrons. The van der Waals surface area contributed by atoms with E-state index in [1.807, 2.05) is 0 Å². The van der Waals surface area contributed by atoms with E-state index in [9.17, 15) is 12.8 Å². The van der Waals surface area contributed by atoms with Gasteiger partial charge in [-0.05, 0) is 36.8 Å². The van der Waals surface area contributed by atoms with Gasteiger partial charge in [0.05, 0.1) is 10.6 Å². The van der Waals surface area contributed by atoms with Gasteiger partial charge in [0.1, 0.15) is 5.82 Å². The first-order chi connectivity index (χ1) is 13.9. The Kier molecular flexibility index (Phi) is 5.67. The molecule has 2 heterocycles. The van der Waals surface area contributed by atoms with Gasteiger partial charge in [-0.2, -0.15) is 4.31 Å². The Morgan fingerprint density at radius 1 is 1.07 bits per heavy atom. The molecule has 0 spiro atoms. The summed E-state index contributed by atoms with van der Waals surface area (Å²) < 4.78 is 40.0. The van der Waals surface area contributed by atoms with E-state index < -0.39 is 15.8 Å². The van der Waals surface area contributed by atoms with Gasteiger partial charge < -0.3 is 4.90 Å². The van der Waals surface area contributed by atoms with Gasteiger partial charge in [0.25, 0.3) is 0 Å². The monoisotopic (exact) mass is 431 g/mol. The molecule has 3 aromatic rings. The molecule has 0 bridgehead atoms. The molecule has 1 fully saturated rings. The standard InChI is InChI=1S/C21H22FN3O2S2/c1-16-3-2-4-17(13-16)14-19-15-28-21(23-19)24-9-11-25(12-10-24)29(26,27)20-7-5-18(22)6-8-20/h2-8,13,15H,9-12,14H2,1H3. The molecule has 5 nitrogen and oxygen atoms in total. The Morgan fingerprint density at radius 3 is 2.48 bits per heavy atom. The molecular weight excluding hydrogens is 409 g/mol. The highest BCUT2D eigenvalue weighted by molar-refractivity contribution is 7.89. The van der Waals surface area contributed by atoms with Gasteiger partial charge in [0, 0.05) is 38.0 Å². The highest BCUT2D eigenvalue weighted by Gasteiger charge is 2.29. The fourth-order valence-electron chi connectivity index (χ4n) is 3.43. The third kappa shape index (κ3) is 4.49. The zero-order valence-corrected chi connectivity index (χ0v) is 17.7. The van der Waals surface area contributed by atoms with Crippen molar-refractivity contribution < 1.29 is 12.8 Å². The molecule has 2 aromatic carbocycles. The van der Waals surface area contributed by atoms with E-state index in [0.717, 1.165) is 17.2 Å². The molecule has 4 rings (SSSR count). The molecule has 1 saturated heterocycles. The minimum atomic E-state index is -3.60. The fraction of sp³-hybridized carbons (Fsp3) is 0.286. The molecule has 0 N–H and O–H groups in total. The second-order valence-electron chi connectivity index (χ2n) is 7.13. The summed E-state index contributed by atoms with van der Waals surface area (Å²) in [5.74, 6) is -0.445. The fourth-order valence-corrected chi connectivity index (χ4v) is 5.73. The Balaban J connectivity index is 1.40. The van der Waals surface area contributed by atoms with E-state index in [2.05, 4.69) is 41.5 Å². The number of nitrogens with zero attached hydrogens (tertiary/aromatic N) is 3. The van der Waals surface area contributed by atoms with Gasteiger partial charge in [-0.3, -0.25) is 0 Å². The lowest BCUT2D eigenvalue weighted by molar-refractivity contribution is 0.384. The molecule has 1 aliphatic rings. The summed E-state index contributed by atoms with van der Waals surface area (Å²) in [7, 11) is -3.60. The van der Waals surface area contributed by atoms with E-state index in [-0.39, 0.29) is 4.90 Å². The van der Waals surface area contributed by atoms with E-state index in [1.54, 1.807) is 11.3 Å². The van der Waals surface area contributed by atoms with Crippen molar-refractivity contribution >= 4 is 26.5 Å². The molecule has 0 atom stereocenters. The van der Waals surface area contributed by atoms with Gasteiger partial charge in [0.15, 0.2) is 5.13 Å². The van der Waals surface area contributed by atoms with Crippen LogP contribution >= 0.6 is 11.3 Å². The van der Waals surface area contributed by atoms with Crippen LogP contribution in [0, 0.1) is 12.7 Å². The number of aromatic nitrogens is 1. The van der Waals surface area contributed by atoms with Gasteiger partial charge in [-0.25, -0.2) is 17.8 Å². The van der Waals surface area contributed by atoms with Gasteiger partial charge in [-0.1, -0.05) is 29.8 Å². The summed E-state index contributed by atoms with van der Waals surface area (Å²) in [4.78, 5) is 7.00. The Bertz CT molecular complexity index is 1090. The normalized spacial score (nSPS) is 15.6. The minimum absolute atomic E-state index is 0.127. The lowest BCUT2D eigenvalue weighted by atomic mass is 10.1. The first-order valence-electron chi connectivity index (χ1n) is 9.42. The number of aryl methyl sites for hydroxylation is 1. The number of hydrogen-bond donors (Lipinski definition) is 0. The van der Waals surface area contributed by atoms with Crippen molar-refractivity contribution in [3.05, 3.63) is 76.5 Å². The number of thiazole rings is 1. The van der Waals surface area contributed by atoms with Crippen molar-refractivity contribution in [3.63, 3.8) is 0 Å². The van der Waals surface area contributed by atoms with Gasteiger partial charge in [-0.15, -0.1) is 11.3 Å². The first kappa shape index (κ1) is 20.0. The summed E-state index contributed by atoms with van der Waals surface area (Å²) in [6, 6.07) is 13.4. The Labute approximate surface area is 174 Å². The van der Waals surface area contributed by atoms with Crippen molar-refractivity contribution in [2.45, 2.75) is 18.2 Å². The molecule has 8 heteroatoms. The average Bonchev–Trinajstić information content (AvgIpc) is 3.17. The van der Waals surface area contributed by atoms with Crippen LogP contribution in [0.2, 0.25) is 0 Å². The van der Waals surface area contributed by atoms with Gasteiger partial charge >= 0.3 is 0 Å². The average molecular weight is 432 g/mol. The SMILES string of the molecule is Cc1cccc(Cc2csc(N3CCN(S(=O)(=O)c4ccc(F)cc4)CC3)n2)c1. The maximum atomic E-state index is 13.1. The third-order valence-electron chi connectivity index (χ3n) is 4.97. The van der Waals surface area contributed by atoms with Crippen LogP contribution in [-0.2, 0) is 16.4 Å². The number of hydrogen-bond acceptors (Lipinski definition) is 5. The topological polar surface area (TPSA) is 53.5 Å². The summed E-state index contributed by atoms with van der Waals surface area (Å²) in [5.41, 5.74) is 3.49. The number of anilines is 1. The number of piperazine rings is 1. The number of sulfonamides is 1. The predicted molar refractivity (Wildman–Crippen MR) is 113 cm³/mol. The summed E-state index contributed by atoms with van der Waals surface area (Å²) in [6.45, 7) is 4.00. The quantitative estimate of drug-likeness (QED) is 0.618. The zero-order chi connectivity index (χ0) is 20.4. The Hall–Kier alpha value is -2.29. The number of benzene rings is 2. The maximum Gasteiger partial charge on any atom is 0.243 e. The number of rotatable bonds is 5. The lowest BCUT2D eigenvalue weighted by Gasteiger charge is -2.33. The van der Waals surface area contributed by atoms with Crippen molar-refractivity contribution in [1.29, 1.82) is 0 Å². The van der Waals surface area contributed by atoms with Crippen LogP contribution in [0.1, 0.15) is 16.8 Å². The van der Waals surface area contributed by atoms with Crippen LogP contribution in [0.25, 0.3) is 0 Å². The van der Waals surface area contributed by atoms with Crippen LogP contribution in [0.5, 0.6) is 0 Å². The van der Waals surface area contributed by atoms with Crippen LogP contribution in [0.4, 0.5) is 9.52 Å². The smallest absolute Gasteiger partial charge is 0.243 e. The van der Waals surface area contributed by atoms with Gasteiger partial charge in [0.2, 0.25) is 10.0 Å². The molecule has 29 heavy (non-hydrogen) atoms. The maximum absolute atomic E-state index is 13.1. The van der Waals surface area contributed by atoms with Crippen LogP contribution in [0.3, 0.4) is 0 Å². The van der Waals surface area contributed by atoms with E-state index in [0.29, 0.717) is 26.2 Å². The summed E-state index contributed by atoms with van der Waals surface area (Å²) in [5, 5.41) is 2.99. The second kappa shape index (κ2) is 8.22. The largest absolute Gasteiger partial charge is 0.345 e. The molecule has 0 aliphatic carbocycles. The molecule has 0 saturated carbocycles. The van der Waals surface area contributed by atoms with Crippen molar-refractivity contribution in [1.82, 2.24) is 9.29 Å². The lowest BCUT2D eigenvalue weighted by Crippen LogP contribution is -2.48. The second-order valence-corrected chi connectivity index (χ2v) is 9.91. The van der Waals surface area contributed by atoms with E-state index >= 15 is 0 Å². The highest BCUT2D eigenvalue weighted by Crippen LogP contribution is 2.25. The highest BCUT2D eigenvalue weighted by atomic mass is 32.2. The molecule has 0 radical (unpaired) electrons. The number of halogens is 1. The van der Waals surface area contributed by atoms with E-state index in [1.165, 1.54) is 39.7 Å². The molecule has 1 aromatic heterocycles. The van der Waals surface area contributed by atoms with Crippen LogP contribution in [0.15, 0.2) is 58.8 Å². The van der Waals surface area contributed by atoms with E-state index in [4.69, 9.17) is 4.98 Å². The molecule has 0 unspecified atom stereocenters. The first-order valence-corrected chi connectivity index (χ1v) is 11.7. The van der Waals surface area contributed by atoms with Crippen molar-refractivity contribution in [2.24, 2.45) is 0 Å². The molecular formula is C21H22FN3O2S2. The summed E-state index contributed by atoms with van der Waals surface area (Å²) >= 11 is 1.59. The van der Waals surface area contributed by atoms with Crippen molar-refractivity contribution in [3.8, 4) is 0 Å².